The number of fused-ring (bicyclic) bond motifs is 1. The lowest BCUT2D eigenvalue weighted by Gasteiger charge is -2.23. The quantitative estimate of drug-likeness (QED) is 0.534. The molecule has 0 unspecified atom stereocenters. The normalized spacial score (nSPS) is 17.8. The van der Waals surface area contributed by atoms with Crippen LogP contribution in [0.25, 0.3) is 0 Å². The number of Topliss-reactive ketones (excluding diaryl/α,β-unsaturated/α-hetero) is 1. The molecular formula is C24H20BrNO4. The second kappa shape index (κ2) is 8.05. The molecule has 0 aromatic heterocycles. The van der Waals surface area contributed by atoms with Gasteiger partial charge >= 0.3 is 0 Å². The number of carbonyl (C=O) groups is 2. The molecule has 3 aromatic carbocycles. The summed E-state index contributed by atoms with van der Waals surface area (Å²) in [5.74, 6) is -1.21. The van der Waals surface area contributed by atoms with Gasteiger partial charge in [0, 0.05) is 16.6 Å². The Hall–Kier alpha value is -2.96. The summed E-state index contributed by atoms with van der Waals surface area (Å²) in [6.45, 7) is 0.380. The van der Waals surface area contributed by atoms with E-state index in [9.17, 15) is 19.8 Å². The summed E-state index contributed by atoms with van der Waals surface area (Å²) in [7, 11) is 0. The first-order chi connectivity index (χ1) is 14.4. The van der Waals surface area contributed by atoms with Crippen LogP contribution in [0.2, 0.25) is 0 Å². The molecule has 6 heteroatoms. The molecule has 3 aromatic rings. The maximum absolute atomic E-state index is 13.3. The number of aromatic hydroxyl groups is 1. The van der Waals surface area contributed by atoms with E-state index in [1.165, 1.54) is 17.0 Å². The number of halogens is 1. The summed E-state index contributed by atoms with van der Waals surface area (Å²) in [4.78, 5) is 27.7. The van der Waals surface area contributed by atoms with E-state index >= 15 is 0 Å². The molecule has 0 spiro atoms. The first-order valence-electron chi connectivity index (χ1n) is 9.59. The Bertz CT molecular complexity index is 1120. The number of hydrogen-bond donors (Lipinski definition) is 2. The summed E-state index contributed by atoms with van der Waals surface area (Å²) in [6.07, 6.45) is 0.167. The number of anilines is 1. The molecule has 1 heterocycles. The fourth-order valence-electron chi connectivity index (χ4n) is 3.84. The monoisotopic (exact) mass is 465 g/mol. The van der Waals surface area contributed by atoms with E-state index in [0.717, 1.165) is 5.56 Å². The molecule has 0 saturated carbocycles. The van der Waals surface area contributed by atoms with Gasteiger partial charge in [-0.15, -0.1) is 0 Å². The average molecular weight is 466 g/mol. The van der Waals surface area contributed by atoms with Crippen molar-refractivity contribution in [3.63, 3.8) is 0 Å². The van der Waals surface area contributed by atoms with E-state index in [1.807, 2.05) is 30.3 Å². The van der Waals surface area contributed by atoms with Gasteiger partial charge in [0.15, 0.2) is 11.4 Å². The van der Waals surface area contributed by atoms with Crippen LogP contribution in [0.5, 0.6) is 5.75 Å². The lowest BCUT2D eigenvalue weighted by atomic mass is 9.88. The van der Waals surface area contributed by atoms with E-state index in [2.05, 4.69) is 15.9 Å². The molecular weight excluding hydrogens is 446 g/mol. The Kier molecular flexibility index (Phi) is 5.45. The minimum Gasteiger partial charge on any atom is -0.507 e. The molecule has 0 aliphatic carbocycles. The van der Waals surface area contributed by atoms with Crippen LogP contribution in [0.4, 0.5) is 5.69 Å². The van der Waals surface area contributed by atoms with Crippen molar-refractivity contribution in [2.75, 3.05) is 11.4 Å². The zero-order valence-corrected chi connectivity index (χ0v) is 17.7. The van der Waals surface area contributed by atoms with Crippen molar-refractivity contribution in [2.45, 2.75) is 18.4 Å². The van der Waals surface area contributed by atoms with Crippen molar-refractivity contribution >= 4 is 33.3 Å². The van der Waals surface area contributed by atoms with Gasteiger partial charge < -0.3 is 15.1 Å². The highest BCUT2D eigenvalue weighted by atomic mass is 79.9. The van der Waals surface area contributed by atoms with Gasteiger partial charge in [-0.2, -0.15) is 0 Å². The van der Waals surface area contributed by atoms with Gasteiger partial charge in [-0.05, 0) is 42.3 Å². The summed E-state index contributed by atoms with van der Waals surface area (Å²) in [6, 6.07) is 21.1. The average Bonchev–Trinajstić information content (AvgIpc) is 2.94. The van der Waals surface area contributed by atoms with Gasteiger partial charge in [-0.3, -0.25) is 9.59 Å². The molecule has 2 N–H and O–H groups in total. The van der Waals surface area contributed by atoms with Crippen LogP contribution in [0.3, 0.4) is 0 Å². The lowest BCUT2D eigenvalue weighted by molar-refractivity contribution is -0.135. The van der Waals surface area contributed by atoms with Gasteiger partial charge in [-0.1, -0.05) is 58.4 Å². The number of ketones is 1. The summed E-state index contributed by atoms with van der Waals surface area (Å²) in [5.41, 5.74) is 0.142. The highest BCUT2D eigenvalue weighted by Crippen LogP contribution is 2.44. The van der Waals surface area contributed by atoms with Crippen LogP contribution in [-0.2, 0) is 16.8 Å². The predicted molar refractivity (Wildman–Crippen MR) is 118 cm³/mol. The van der Waals surface area contributed by atoms with E-state index in [0.29, 0.717) is 28.7 Å². The molecule has 5 nitrogen and oxygen atoms in total. The first kappa shape index (κ1) is 20.3. The first-order valence-corrected chi connectivity index (χ1v) is 10.4. The smallest absolute Gasteiger partial charge is 0.264 e. The molecule has 1 aliphatic heterocycles. The number of rotatable bonds is 6. The molecule has 0 fully saturated rings. The Morgan fingerprint density at radius 2 is 1.70 bits per heavy atom. The zero-order chi connectivity index (χ0) is 21.3. The maximum atomic E-state index is 13.3. The van der Waals surface area contributed by atoms with Gasteiger partial charge in [0.1, 0.15) is 5.75 Å². The van der Waals surface area contributed by atoms with Crippen LogP contribution in [0.15, 0.2) is 77.3 Å². The fourth-order valence-corrected chi connectivity index (χ4v) is 4.20. The number of hydrogen-bond acceptors (Lipinski definition) is 4. The van der Waals surface area contributed by atoms with E-state index < -0.39 is 23.7 Å². The highest BCUT2D eigenvalue weighted by Gasteiger charge is 2.51. The van der Waals surface area contributed by atoms with Crippen molar-refractivity contribution in [1.82, 2.24) is 0 Å². The van der Waals surface area contributed by atoms with Gasteiger partial charge in [0.25, 0.3) is 5.91 Å². The Labute approximate surface area is 182 Å². The third-order valence-corrected chi connectivity index (χ3v) is 5.87. The van der Waals surface area contributed by atoms with Gasteiger partial charge in [0.05, 0.1) is 17.7 Å². The molecule has 30 heavy (non-hydrogen) atoms. The van der Waals surface area contributed by atoms with Gasteiger partial charge in [0.2, 0.25) is 0 Å². The second-order valence-corrected chi connectivity index (χ2v) is 8.25. The van der Waals surface area contributed by atoms with Crippen molar-refractivity contribution in [3.8, 4) is 5.75 Å². The molecule has 1 atom stereocenters. The molecule has 0 radical (unpaired) electrons. The minimum atomic E-state index is -1.99. The largest absolute Gasteiger partial charge is 0.507 e. The number of carbonyl (C=O) groups excluding carboxylic acids is 2. The van der Waals surface area contributed by atoms with Crippen LogP contribution in [0.1, 0.15) is 27.9 Å². The van der Waals surface area contributed by atoms with Crippen LogP contribution in [-0.4, -0.2) is 28.4 Å². The number of aliphatic hydroxyl groups is 1. The third-order valence-electron chi connectivity index (χ3n) is 5.38. The zero-order valence-electron chi connectivity index (χ0n) is 16.1. The number of para-hydroxylation sites is 1. The number of benzene rings is 3. The molecule has 0 saturated heterocycles. The molecule has 1 aliphatic rings. The number of phenolic OH excluding ortho intramolecular Hbond substituents is 1. The lowest BCUT2D eigenvalue weighted by Crippen LogP contribution is -2.42. The summed E-state index contributed by atoms with van der Waals surface area (Å²) < 4.78 is 0.701. The van der Waals surface area contributed by atoms with E-state index in [4.69, 9.17) is 0 Å². The molecule has 4 rings (SSSR count). The molecule has 1 amide bonds. The maximum Gasteiger partial charge on any atom is 0.264 e. The summed E-state index contributed by atoms with van der Waals surface area (Å²) in [5, 5.41) is 21.4. The van der Waals surface area contributed by atoms with E-state index in [1.54, 1.807) is 30.3 Å². The van der Waals surface area contributed by atoms with Gasteiger partial charge in [-0.25, -0.2) is 0 Å². The van der Waals surface area contributed by atoms with Crippen molar-refractivity contribution in [3.05, 3.63) is 94.0 Å². The SMILES string of the molecule is O=C(C[C@]1(O)C(=O)N(CCc2ccccc2)c2ccc(Br)cc21)c1ccccc1O. The topological polar surface area (TPSA) is 77.8 Å². The van der Waals surface area contributed by atoms with Crippen LogP contribution >= 0.6 is 15.9 Å². The Morgan fingerprint density at radius 3 is 2.43 bits per heavy atom. The molecule has 152 valence electrons. The second-order valence-electron chi connectivity index (χ2n) is 7.33. The summed E-state index contributed by atoms with van der Waals surface area (Å²) >= 11 is 3.39. The highest BCUT2D eigenvalue weighted by molar-refractivity contribution is 9.10. The van der Waals surface area contributed by atoms with Crippen LogP contribution < -0.4 is 4.90 Å². The number of amides is 1. The van der Waals surface area contributed by atoms with Crippen molar-refractivity contribution in [1.29, 1.82) is 0 Å². The number of nitrogens with zero attached hydrogens (tertiary/aromatic N) is 1. The molecule has 0 bridgehead atoms. The van der Waals surface area contributed by atoms with Crippen molar-refractivity contribution in [2.24, 2.45) is 0 Å². The predicted octanol–water partition coefficient (Wildman–Crippen LogP) is 4.20. The van der Waals surface area contributed by atoms with Crippen molar-refractivity contribution < 1.29 is 19.8 Å². The Morgan fingerprint density at radius 1 is 1.00 bits per heavy atom. The Balaban J connectivity index is 1.66. The minimum absolute atomic E-state index is 0.0815. The van der Waals surface area contributed by atoms with E-state index in [-0.39, 0.29) is 11.3 Å². The van der Waals surface area contributed by atoms with Crippen LogP contribution in [0, 0.1) is 0 Å². The standard InChI is InChI=1S/C24H20BrNO4/c25-17-10-11-20-19(14-17)24(30,15-22(28)18-8-4-5-9-21(18)27)23(29)26(20)13-12-16-6-2-1-3-7-16/h1-11,14,27,30H,12-13,15H2/t24-/m1/s1. The third kappa shape index (κ3) is 3.64. The number of phenols is 1. The fraction of sp³-hybridized carbons (Fsp3) is 0.167.